The van der Waals surface area contributed by atoms with Gasteiger partial charge in [0.1, 0.15) is 12.4 Å². The summed E-state index contributed by atoms with van der Waals surface area (Å²) in [5.74, 6) is 1.60. The fraction of sp³-hybridized carbons (Fsp3) is 0.357. The first-order valence-electron chi connectivity index (χ1n) is 5.97. The summed E-state index contributed by atoms with van der Waals surface area (Å²) in [5, 5.41) is 6.96. The fourth-order valence-corrected chi connectivity index (χ4v) is 1.86. The molecule has 2 aromatic rings. The first-order valence-corrected chi connectivity index (χ1v) is 5.97. The van der Waals surface area contributed by atoms with Crippen LogP contribution in [-0.2, 0) is 13.2 Å². The smallest absolute Gasteiger partial charge is 0.174 e. The highest BCUT2D eigenvalue weighted by molar-refractivity contribution is 5.33. The number of hydrogen-bond acceptors (Lipinski definition) is 4. The molecule has 0 spiro atoms. The molecule has 0 atom stereocenters. The van der Waals surface area contributed by atoms with Crippen LogP contribution >= 0.6 is 0 Å². The van der Waals surface area contributed by atoms with E-state index in [0.717, 1.165) is 17.2 Å². The van der Waals surface area contributed by atoms with Crippen LogP contribution < -0.4 is 10.1 Å². The van der Waals surface area contributed by atoms with Crippen molar-refractivity contribution in [3.05, 3.63) is 46.8 Å². The first kappa shape index (κ1) is 12.6. The average molecular weight is 246 g/mol. The highest BCUT2D eigenvalue weighted by atomic mass is 16.5. The third kappa shape index (κ3) is 3.34. The molecule has 0 bridgehead atoms. The van der Waals surface area contributed by atoms with Crippen LogP contribution in [0.1, 0.15) is 22.6 Å². The second kappa shape index (κ2) is 5.69. The normalized spacial score (nSPS) is 10.6. The van der Waals surface area contributed by atoms with Gasteiger partial charge in [-0.05, 0) is 44.2 Å². The molecule has 1 heterocycles. The van der Waals surface area contributed by atoms with Crippen molar-refractivity contribution < 1.29 is 9.26 Å². The molecule has 0 amide bonds. The maximum atomic E-state index is 5.69. The predicted octanol–water partition coefficient (Wildman–Crippen LogP) is 2.59. The number of benzene rings is 1. The van der Waals surface area contributed by atoms with Crippen LogP contribution in [0.4, 0.5) is 0 Å². The van der Waals surface area contributed by atoms with Crippen LogP contribution in [0.15, 0.2) is 28.8 Å². The summed E-state index contributed by atoms with van der Waals surface area (Å²) in [6.07, 6.45) is 0. The van der Waals surface area contributed by atoms with Gasteiger partial charge in [0, 0.05) is 12.6 Å². The van der Waals surface area contributed by atoms with Gasteiger partial charge in [-0.1, -0.05) is 11.2 Å². The van der Waals surface area contributed by atoms with Gasteiger partial charge in [0.2, 0.25) is 0 Å². The van der Waals surface area contributed by atoms with E-state index < -0.39 is 0 Å². The largest absolute Gasteiger partial charge is 0.486 e. The lowest BCUT2D eigenvalue weighted by atomic mass is 10.1. The van der Waals surface area contributed by atoms with Gasteiger partial charge in [0.25, 0.3) is 0 Å². The molecular weight excluding hydrogens is 228 g/mol. The molecule has 0 radical (unpaired) electrons. The summed E-state index contributed by atoms with van der Waals surface area (Å²) in [6.45, 7) is 5.21. The number of ether oxygens (including phenoxy) is 1. The Hall–Kier alpha value is -1.81. The maximum absolute atomic E-state index is 5.69. The molecule has 18 heavy (non-hydrogen) atoms. The second-order valence-electron chi connectivity index (χ2n) is 4.43. The summed E-state index contributed by atoms with van der Waals surface area (Å²) in [4.78, 5) is 0. The van der Waals surface area contributed by atoms with Crippen molar-refractivity contribution >= 4 is 0 Å². The van der Waals surface area contributed by atoms with Crippen molar-refractivity contribution in [1.82, 2.24) is 10.5 Å². The van der Waals surface area contributed by atoms with E-state index in [1.54, 1.807) is 0 Å². The molecule has 0 aliphatic rings. The van der Waals surface area contributed by atoms with Crippen LogP contribution in [0, 0.1) is 13.8 Å². The summed E-state index contributed by atoms with van der Waals surface area (Å²) < 4.78 is 10.9. The van der Waals surface area contributed by atoms with Crippen molar-refractivity contribution in [3.63, 3.8) is 0 Å². The Labute approximate surface area is 107 Å². The zero-order valence-electron chi connectivity index (χ0n) is 11.0. The van der Waals surface area contributed by atoms with Gasteiger partial charge >= 0.3 is 0 Å². The molecule has 0 unspecified atom stereocenters. The molecule has 4 nitrogen and oxygen atoms in total. The molecule has 0 fully saturated rings. The Kier molecular flexibility index (Phi) is 3.99. The lowest BCUT2D eigenvalue weighted by Gasteiger charge is -2.06. The molecule has 0 aliphatic heterocycles. The number of nitrogens with one attached hydrogen (secondary N) is 1. The van der Waals surface area contributed by atoms with Gasteiger partial charge in [0.05, 0.1) is 5.69 Å². The number of nitrogens with zero attached hydrogens (tertiary/aromatic N) is 1. The lowest BCUT2D eigenvalue weighted by molar-refractivity contribution is 0.248. The molecule has 1 aromatic carbocycles. The quantitative estimate of drug-likeness (QED) is 0.881. The molecule has 4 heteroatoms. The van der Waals surface area contributed by atoms with E-state index in [2.05, 4.69) is 30.4 Å². The average Bonchev–Trinajstić information content (AvgIpc) is 2.74. The molecular formula is C14H18N2O2. The molecule has 1 N–H and O–H groups in total. The number of aryl methyl sites for hydroxylation is 2. The minimum atomic E-state index is 0.402. The van der Waals surface area contributed by atoms with Crippen molar-refractivity contribution in [2.45, 2.75) is 27.0 Å². The molecule has 1 aromatic heterocycles. The van der Waals surface area contributed by atoms with E-state index in [1.165, 1.54) is 11.1 Å². The Morgan fingerprint density at radius 2 is 1.89 bits per heavy atom. The summed E-state index contributed by atoms with van der Waals surface area (Å²) in [5.41, 5.74) is 3.27. The Bertz CT molecular complexity index is 500. The topological polar surface area (TPSA) is 47.3 Å². The number of hydrogen-bond donors (Lipinski definition) is 1. The van der Waals surface area contributed by atoms with Gasteiger partial charge in [0.15, 0.2) is 5.76 Å². The predicted molar refractivity (Wildman–Crippen MR) is 69.5 cm³/mol. The SMILES string of the molecule is CNCc1cc(COc2cc(C)cc(C)c2)on1. The molecule has 2 rings (SSSR count). The summed E-state index contributed by atoms with van der Waals surface area (Å²) >= 11 is 0. The van der Waals surface area contributed by atoms with Crippen LogP contribution in [0.2, 0.25) is 0 Å². The van der Waals surface area contributed by atoms with E-state index in [0.29, 0.717) is 13.2 Å². The Morgan fingerprint density at radius 3 is 2.56 bits per heavy atom. The van der Waals surface area contributed by atoms with Gasteiger partial charge < -0.3 is 14.6 Å². The second-order valence-corrected chi connectivity index (χ2v) is 4.43. The van der Waals surface area contributed by atoms with Crippen molar-refractivity contribution in [1.29, 1.82) is 0 Å². The van der Waals surface area contributed by atoms with E-state index in [4.69, 9.17) is 9.26 Å². The summed E-state index contributed by atoms with van der Waals surface area (Å²) in [6, 6.07) is 8.04. The van der Waals surface area contributed by atoms with Crippen LogP contribution in [0.5, 0.6) is 5.75 Å². The highest BCUT2D eigenvalue weighted by Crippen LogP contribution is 2.17. The lowest BCUT2D eigenvalue weighted by Crippen LogP contribution is -2.04. The van der Waals surface area contributed by atoms with E-state index >= 15 is 0 Å². The van der Waals surface area contributed by atoms with Gasteiger partial charge in [-0.3, -0.25) is 0 Å². The van der Waals surface area contributed by atoms with Gasteiger partial charge in [-0.2, -0.15) is 0 Å². The highest BCUT2D eigenvalue weighted by Gasteiger charge is 2.04. The van der Waals surface area contributed by atoms with Crippen molar-refractivity contribution in [2.75, 3.05) is 7.05 Å². The minimum Gasteiger partial charge on any atom is -0.486 e. The first-order chi connectivity index (χ1) is 8.67. The zero-order valence-corrected chi connectivity index (χ0v) is 11.0. The minimum absolute atomic E-state index is 0.402. The molecule has 0 aliphatic carbocycles. The van der Waals surface area contributed by atoms with Crippen molar-refractivity contribution in [2.24, 2.45) is 0 Å². The van der Waals surface area contributed by atoms with E-state index in [1.807, 2.05) is 25.2 Å². The van der Waals surface area contributed by atoms with Crippen LogP contribution in [0.25, 0.3) is 0 Å². The molecule has 96 valence electrons. The van der Waals surface area contributed by atoms with Crippen LogP contribution in [0.3, 0.4) is 0 Å². The fourth-order valence-electron chi connectivity index (χ4n) is 1.86. The Balaban J connectivity index is 1.97. The number of rotatable bonds is 5. The Morgan fingerprint density at radius 1 is 1.17 bits per heavy atom. The van der Waals surface area contributed by atoms with E-state index in [-0.39, 0.29) is 0 Å². The summed E-state index contributed by atoms with van der Waals surface area (Å²) in [7, 11) is 1.88. The molecule has 0 saturated carbocycles. The van der Waals surface area contributed by atoms with Gasteiger partial charge in [-0.15, -0.1) is 0 Å². The van der Waals surface area contributed by atoms with E-state index in [9.17, 15) is 0 Å². The van der Waals surface area contributed by atoms with Gasteiger partial charge in [-0.25, -0.2) is 0 Å². The monoisotopic (exact) mass is 246 g/mol. The third-order valence-electron chi connectivity index (χ3n) is 2.54. The van der Waals surface area contributed by atoms with Crippen LogP contribution in [-0.4, -0.2) is 12.2 Å². The third-order valence-corrected chi connectivity index (χ3v) is 2.54. The molecule has 0 saturated heterocycles. The number of aromatic nitrogens is 1. The maximum Gasteiger partial charge on any atom is 0.174 e. The zero-order chi connectivity index (χ0) is 13.0. The van der Waals surface area contributed by atoms with Crippen molar-refractivity contribution in [3.8, 4) is 5.75 Å². The standard InChI is InChI=1S/C14H18N2O2/c1-10-4-11(2)6-13(5-10)17-9-14-7-12(8-15-3)16-18-14/h4-7,15H,8-9H2,1-3H3.